The highest BCUT2D eigenvalue weighted by Gasteiger charge is 2.32. The van der Waals surface area contributed by atoms with Crippen LogP contribution in [0.2, 0.25) is 0 Å². The van der Waals surface area contributed by atoms with Gasteiger partial charge < -0.3 is 15.7 Å². The molecule has 0 aromatic carbocycles. The van der Waals surface area contributed by atoms with E-state index in [0.29, 0.717) is 13.0 Å². The molecule has 1 aliphatic rings. The lowest BCUT2D eigenvalue weighted by molar-refractivity contribution is -0.138. The summed E-state index contributed by atoms with van der Waals surface area (Å²) >= 11 is 0. The summed E-state index contributed by atoms with van der Waals surface area (Å²) in [6.45, 7) is 2.41. The van der Waals surface area contributed by atoms with Crippen molar-refractivity contribution in [1.29, 1.82) is 0 Å². The van der Waals surface area contributed by atoms with Crippen molar-refractivity contribution in [3.05, 3.63) is 0 Å². The van der Waals surface area contributed by atoms with Crippen LogP contribution in [0.4, 0.5) is 0 Å². The lowest BCUT2D eigenvalue weighted by Crippen LogP contribution is -2.48. The number of hydrogen-bond donors (Lipinski definition) is 3. The van der Waals surface area contributed by atoms with E-state index >= 15 is 0 Å². The molecule has 1 amide bonds. The van der Waals surface area contributed by atoms with Crippen molar-refractivity contribution in [2.24, 2.45) is 5.92 Å². The number of carbonyl (C=O) groups is 2. The van der Waals surface area contributed by atoms with E-state index < -0.39 is 5.97 Å². The molecule has 0 aromatic rings. The third-order valence-corrected chi connectivity index (χ3v) is 4.47. The number of carboxylic acids is 1. The van der Waals surface area contributed by atoms with Crippen molar-refractivity contribution in [2.45, 2.75) is 63.8 Å². The Kier molecular flexibility index (Phi) is 6.99. The van der Waals surface area contributed by atoms with Crippen molar-refractivity contribution < 1.29 is 14.7 Å². The fourth-order valence-electron chi connectivity index (χ4n) is 2.98. The monoisotopic (exact) mass is 284 g/mol. The molecule has 0 spiro atoms. The van der Waals surface area contributed by atoms with Crippen LogP contribution < -0.4 is 10.6 Å². The molecule has 5 nitrogen and oxygen atoms in total. The second kappa shape index (κ2) is 8.25. The van der Waals surface area contributed by atoms with E-state index in [2.05, 4.69) is 10.6 Å². The average molecular weight is 284 g/mol. The first-order chi connectivity index (χ1) is 9.51. The normalized spacial score (nSPS) is 19.3. The number of hydrogen-bond acceptors (Lipinski definition) is 3. The van der Waals surface area contributed by atoms with Gasteiger partial charge in [0, 0.05) is 24.9 Å². The van der Waals surface area contributed by atoms with Gasteiger partial charge in [-0.2, -0.15) is 0 Å². The maximum absolute atomic E-state index is 12.1. The number of amides is 1. The van der Waals surface area contributed by atoms with Crippen LogP contribution in [0.25, 0.3) is 0 Å². The van der Waals surface area contributed by atoms with Gasteiger partial charge in [0.1, 0.15) is 0 Å². The number of rotatable bonds is 8. The van der Waals surface area contributed by atoms with Gasteiger partial charge in [-0.05, 0) is 25.8 Å². The number of aliphatic carboxylic acids is 1. The maximum Gasteiger partial charge on any atom is 0.303 e. The summed E-state index contributed by atoms with van der Waals surface area (Å²) < 4.78 is 0. The molecule has 116 valence electrons. The standard InChI is InChI=1S/C15H28N2O3/c1-3-12(9-14(19)20)11-17-13(18)10-15(16-2)7-5-4-6-8-15/h12,16H,3-11H2,1-2H3,(H,17,18)(H,19,20). The minimum absolute atomic E-state index is 0.0216. The minimum Gasteiger partial charge on any atom is -0.481 e. The molecule has 0 radical (unpaired) electrons. The number of nitrogens with one attached hydrogen (secondary N) is 2. The van der Waals surface area contributed by atoms with Crippen LogP contribution in [0, 0.1) is 5.92 Å². The first-order valence-corrected chi connectivity index (χ1v) is 7.69. The highest BCUT2D eigenvalue weighted by Crippen LogP contribution is 2.30. The van der Waals surface area contributed by atoms with Crippen molar-refractivity contribution in [1.82, 2.24) is 10.6 Å². The second-order valence-electron chi connectivity index (χ2n) is 5.94. The van der Waals surface area contributed by atoms with Gasteiger partial charge in [0.15, 0.2) is 0 Å². The molecule has 0 aliphatic heterocycles. The first kappa shape index (κ1) is 17.0. The lowest BCUT2D eigenvalue weighted by atomic mass is 9.79. The maximum atomic E-state index is 12.1. The van der Waals surface area contributed by atoms with E-state index in [0.717, 1.165) is 19.3 Å². The third kappa shape index (κ3) is 5.49. The van der Waals surface area contributed by atoms with Crippen LogP contribution in [0.1, 0.15) is 58.3 Å². The van der Waals surface area contributed by atoms with Crippen LogP contribution in [0.15, 0.2) is 0 Å². The molecule has 1 aliphatic carbocycles. The zero-order chi connectivity index (χ0) is 15.0. The van der Waals surface area contributed by atoms with E-state index in [1.54, 1.807) is 0 Å². The molecule has 0 aromatic heterocycles. The quantitative estimate of drug-likeness (QED) is 0.636. The van der Waals surface area contributed by atoms with Crippen LogP contribution in [0.5, 0.6) is 0 Å². The van der Waals surface area contributed by atoms with Gasteiger partial charge in [-0.1, -0.05) is 32.6 Å². The Morgan fingerprint density at radius 3 is 2.40 bits per heavy atom. The molecule has 1 fully saturated rings. The van der Waals surface area contributed by atoms with Crippen molar-refractivity contribution in [3.63, 3.8) is 0 Å². The zero-order valence-electron chi connectivity index (χ0n) is 12.7. The predicted molar refractivity (Wildman–Crippen MR) is 78.5 cm³/mol. The summed E-state index contributed by atoms with van der Waals surface area (Å²) in [5.74, 6) is -0.747. The fourth-order valence-corrected chi connectivity index (χ4v) is 2.98. The molecule has 1 saturated carbocycles. The van der Waals surface area contributed by atoms with Gasteiger partial charge in [0.2, 0.25) is 5.91 Å². The molecular weight excluding hydrogens is 256 g/mol. The van der Waals surface area contributed by atoms with Crippen LogP contribution in [0.3, 0.4) is 0 Å². The predicted octanol–water partition coefficient (Wildman–Crippen LogP) is 1.92. The summed E-state index contributed by atoms with van der Waals surface area (Å²) in [6.07, 6.45) is 7.06. The molecule has 0 saturated heterocycles. The molecule has 1 rings (SSSR count). The average Bonchev–Trinajstić information content (AvgIpc) is 2.44. The molecule has 1 atom stereocenters. The van der Waals surface area contributed by atoms with Gasteiger partial charge in [-0.15, -0.1) is 0 Å². The van der Waals surface area contributed by atoms with Gasteiger partial charge in [0.25, 0.3) is 0 Å². The summed E-state index contributed by atoms with van der Waals surface area (Å²) in [7, 11) is 1.93. The Morgan fingerprint density at radius 1 is 1.25 bits per heavy atom. The van der Waals surface area contributed by atoms with Crippen molar-refractivity contribution in [2.75, 3.05) is 13.6 Å². The SMILES string of the molecule is CCC(CNC(=O)CC1(NC)CCCCC1)CC(=O)O. The Balaban J connectivity index is 2.39. The summed E-state index contributed by atoms with van der Waals surface area (Å²) in [6, 6.07) is 0. The van der Waals surface area contributed by atoms with E-state index in [9.17, 15) is 9.59 Å². The summed E-state index contributed by atoms with van der Waals surface area (Å²) in [4.78, 5) is 22.8. The Hall–Kier alpha value is -1.10. The Labute approximate surface area is 121 Å². The molecule has 0 bridgehead atoms. The molecule has 0 heterocycles. The highest BCUT2D eigenvalue weighted by atomic mass is 16.4. The zero-order valence-corrected chi connectivity index (χ0v) is 12.7. The van der Waals surface area contributed by atoms with Crippen LogP contribution >= 0.6 is 0 Å². The van der Waals surface area contributed by atoms with Crippen LogP contribution in [-0.4, -0.2) is 36.1 Å². The highest BCUT2D eigenvalue weighted by molar-refractivity contribution is 5.77. The number of carbonyl (C=O) groups excluding carboxylic acids is 1. The number of carboxylic acid groups (broad SMARTS) is 1. The van der Waals surface area contributed by atoms with Gasteiger partial charge in [0.05, 0.1) is 0 Å². The molecule has 3 N–H and O–H groups in total. The lowest BCUT2D eigenvalue weighted by Gasteiger charge is -2.36. The topological polar surface area (TPSA) is 78.4 Å². The molecule has 1 unspecified atom stereocenters. The van der Waals surface area contributed by atoms with Gasteiger partial charge in [-0.25, -0.2) is 0 Å². The van der Waals surface area contributed by atoms with E-state index in [1.165, 1.54) is 19.3 Å². The molecular formula is C15H28N2O3. The Morgan fingerprint density at radius 2 is 1.90 bits per heavy atom. The molecule has 20 heavy (non-hydrogen) atoms. The Bertz CT molecular complexity index is 325. The van der Waals surface area contributed by atoms with Crippen molar-refractivity contribution in [3.8, 4) is 0 Å². The van der Waals surface area contributed by atoms with Gasteiger partial charge in [-0.3, -0.25) is 9.59 Å². The largest absolute Gasteiger partial charge is 0.481 e. The minimum atomic E-state index is -0.801. The van der Waals surface area contributed by atoms with Crippen molar-refractivity contribution >= 4 is 11.9 Å². The van der Waals surface area contributed by atoms with Gasteiger partial charge >= 0.3 is 5.97 Å². The third-order valence-electron chi connectivity index (χ3n) is 4.47. The second-order valence-corrected chi connectivity index (χ2v) is 5.94. The first-order valence-electron chi connectivity index (χ1n) is 7.69. The van der Waals surface area contributed by atoms with E-state index in [4.69, 9.17) is 5.11 Å². The van der Waals surface area contributed by atoms with E-state index in [-0.39, 0.29) is 23.8 Å². The molecule has 5 heteroatoms. The van der Waals surface area contributed by atoms with E-state index in [1.807, 2.05) is 14.0 Å². The van der Waals surface area contributed by atoms with Crippen LogP contribution in [-0.2, 0) is 9.59 Å². The fraction of sp³-hybridized carbons (Fsp3) is 0.867. The summed E-state index contributed by atoms with van der Waals surface area (Å²) in [5.41, 5.74) is -0.0587. The summed E-state index contributed by atoms with van der Waals surface area (Å²) in [5, 5.41) is 15.0. The smallest absolute Gasteiger partial charge is 0.303 e.